The average Bonchev–Trinajstić information content (AvgIpc) is 2.64. The summed E-state index contributed by atoms with van der Waals surface area (Å²) >= 11 is 0. The highest BCUT2D eigenvalue weighted by Gasteiger charge is 2.19. The molecule has 140 valence electrons. The first-order chi connectivity index (χ1) is 12.1. The molecule has 0 radical (unpaired) electrons. The summed E-state index contributed by atoms with van der Waals surface area (Å²) in [4.78, 5) is 14.7. The Balaban J connectivity index is 1.63. The molecule has 0 aromatic heterocycles. The maximum atomic E-state index is 12.0. The number of carbonyl (C=O) groups is 1. The van der Waals surface area contributed by atoms with E-state index in [9.17, 15) is 4.79 Å². The van der Waals surface area contributed by atoms with Crippen molar-refractivity contribution in [2.75, 3.05) is 26.7 Å². The number of nitrogens with zero attached hydrogens (tertiary/aromatic N) is 1. The van der Waals surface area contributed by atoms with Crippen LogP contribution in [0.4, 0.5) is 0 Å². The van der Waals surface area contributed by atoms with E-state index in [1.807, 2.05) is 19.1 Å². The number of ether oxygens (including phenoxy) is 1. The summed E-state index contributed by atoms with van der Waals surface area (Å²) in [6.45, 7) is 7.44. The monoisotopic (exact) mass is 346 g/mol. The summed E-state index contributed by atoms with van der Waals surface area (Å²) in [5, 5.41) is 3.07. The second-order valence-corrected chi connectivity index (χ2v) is 7.10. The number of hydrogen-bond donors (Lipinski definition) is 1. The van der Waals surface area contributed by atoms with Crippen molar-refractivity contribution in [1.82, 2.24) is 10.2 Å². The van der Waals surface area contributed by atoms with Gasteiger partial charge in [0.05, 0.1) is 7.11 Å². The fraction of sp³-hybridized carbons (Fsp3) is 0.667. The van der Waals surface area contributed by atoms with E-state index in [-0.39, 0.29) is 5.91 Å². The second-order valence-electron chi connectivity index (χ2n) is 7.10. The summed E-state index contributed by atoms with van der Waals surface area (Å²) in [7, 11) is 1.68. The van der Waals surface area contributed by atoms with Crippen molar-refractivity contribution in [1.29, 1.82) is 0 Å². The fourth-order valence-corrected chi connectivity index (χ4v) is 3.77. The lowest BCUT2D eigenvalue weighted by molar-refractivity contribution is -0.121. The minimum Gasteiger partial charge on any atom is -0.496 e. The first kappa shape index (κ1) is 19.8. The van der Waals surface area contributed by atoms with Gasteiger partial charge in [0.15, 0.2) is 0 Å². The zero-order valence-electron chi connectivity index (χ0n) is 16.1. The Bertz CT molecular complexity index is 545. The molecule has 1 amide bonds. The lowest BCUT2D eigenvalue weighted by Gasteiger charge is -2.35. The molecule has 1 aromatic rings. The van der Waals surface area contributed by atoms with E-state index in [0.29, 0.717) is 6.42 Å². The van der Waals surface area contributed by atoms with Gasteiger partial charge in [0.2, 0.25) is 5.91 Å². The van der Waals surface area contributed by atoms with Gasteiger partial charge < -0.3 is 15.0 Å². The molecule has 1 aliphatic rings. The maximum absolute atomic E-state index is 12.0. The molecule has 0 saturated carbocycles. The van der Waals surface area contributed by atoms with Crippen LogP contribution in [0.25, 0.3) is 0 Å². The van der Waals surface area contributed by atoms with E-state index >= 15 is 0 Å². The highest BCUT2D eigenvalue weighted by Crippen LogP contribution is 2.20. The third-order valence-corrected chi connectivity index (χ3v) is 5.26. The summed E-state index contributed by atoms with van der Waals surface area (Å²) in [5.74, 6) is 1.05. The van der Waals surface area contributed by atoms with E-state index in [4.69, 9.17) is 4.74 Å². The van der Waals surface area contributed by atoms with Crippen LogP contribution in [-0.4, -0.2) is 43.6 Å². The van der Waals surface area contributed by atoms with E-state index < -0.39 is 0 Å². The first-order valence-corrected chi connectivity index (χ1v) is 9.78. The average molecular weight is 347 g/mol. The third kappa shape index (κ3) is 6.35. The van der Waals surface area contributed by atoms with E-state index in [0.717, 1.165) is 43.3 Å². The SMILES string of the molecule is CC[C@@H]1CCCCN1CCCNC(=O)CCc1ccc(OC)c(C)c1. The van der Waals surface area contributed by atoms with Gasteiger partial charge in [-0.05, 0) is 62.8 Å². The van der Waals surface area contributed by atoms with Crippen LogP contribution in [0.3, 0.4) is 0 Å². The maximum Gasteiger partial charge on any atom is 0.220 e. The highest BCUT2D eigenvalue weighted by molar-refractivity contribution is 5.76. The molecule has 0 spiro atoms. The second kappa shape index (κ2) is 10.4. The summed E-state index contributed by atoms with van der Waals surface area (Å²) in [6, 6.07) is 6.88. The van der Waals surface area contributed by atoms with Crippen LogP contribution in [0.2, 0.25) is 0 Å². The predicted octanol–water partition coefficient (Wildman–Crippen LogP) is 3.71. The minimum atomic E-state index is 0.152. The van der Waals surface area contributed by atoms with Crippen molar-refractivity contribution in [3.05, 3.63) is 29.3 Å². The lowest BCUT2D eigenvalue weighted by Crippen LogP contribution is -2.40. The first-order valence-electron chi connectivity index (χ1n) is 9.78. The molecule has 4 heteroatoms. The van der Waals surface area contributed by atoms with Crippen molar-refractivity contribution >= 4 is 5.91 Å². The summed E-state index contributed by atoms with van der Waals surface area (Å²) in [6.07, 6.45) is 7.65. The number of piperidine rings is 1. The van der Waals surface area contributed by atoms with Crippen molar-refractivity contribution in [3.8, 4) is 5.75 Å². The van der Waals surface area contributed by atoms with Crippen molar-refractivity contribution in [2.24, 2.45) is 0 Å². The number of rotatable bonds is 9. The van der Waals surface area contributed by atoms with E-state index in [1.54, 1.807) is 7.11 Å². The van der Waals surface area contributed by atoms with Gasteiger partial charge in [-0.3, -0.25) is 4.79 Å². The number of nitrogens with one attached hydrogen (secondary N) is 1. The molecule has 1 atom stereocenters. The number of hydrogen-bond acceptors (Lipinski definition) is 3. The Kier molecular flexibility index (Phi) is 8.26. The molecule has 25 heavy (non-hydrogen) atoms. The molecule has 0 unspecified atom stereocenters. The number of methoxy groups -OCH3 is 1. The molecule has 1 fully saturated rings. The normalized spacial score (nSPS) is 18.1. The number of likely N-dealkylation sites (tertiary alicyclic amines) is 1. The topological polar surface area (TPSA) is 41.6 Å². The Morgan fingerprint density at radius 2 is 2.20 bits per heavy atom. The van der Waals surface area contributed by atoms with E-state index in [1.165, 1.54) is 37.8 Å². The van der Waals surface area contributed by atoms with Gasteiger partial charge in [-0.25, -0.2) is 0 Å². The molecule has 0 bridgehead atoms. The number of carbonyl (C=O) groups excluding carboxylic acids is 1. The van der Waals surface area contributed by atoms with Gasteiger partial charge >= 0.3 is 0 Å². The van der Waals surface area contributed by atoms with Gasteiger partial charge in [-0.15, -0.1) is 0 Å². The molecule has 1 heterocycles. The molecule has 1 aromatic carbocycles. The smallest absolute Gasteiger partial charge is 0.220 e. The van der Waals surface area contributed by atoms with Crippen LogP contribution in [-0.2, 0) is 11.2 Å². The van der Waals surface area contributed by atoms with Crippen LogP contribution in [0, 0.1) is 6.92 Å². The number of benzene rings is 1. The van der Waals surface area contributed by atoms with Crippen molar-refractivity contribution in [2.45, 2.75) is 64.8 Å². The Hall–Kier alpha value is -1.55. The van der Waals surface area contributed by atoms with E-state index in [2.05, 4.69) is 23.2 Å². The van der Waals surface area contributed by atoms with Gasteiger partial charge in [0.1, 0.15) is 5.75 Å². The zero-order chi connectivity index (χ0) is 18.1. The minimum absolute atomic E-state index is 0.152. The predicted molar refractivity (Wildman–Crippen MR) is 103 cm³/mol. The number of aryl methyl sites for hydroxylation is 2. The molecule has 4 nitrogen and oxygen atoms in total. The fourth-order valence-electron chi connectivity index (χ4n) is 3.77. The van der Waals surface area contributed by atoms with Crippen LogP contribution in [0.5, 0.6) is 5.75 Å². The molecule has 1 saturated heterocycles. The van der Waals surface area contributed by atoms with Crippen LogP contribution >= 0.6 is 0 Å². The van der Waals surface area contributed by atoms with Gasteiger partial charge in [-0.2, -0.15) is 0 Å². The van der Waals surface area contributed by atoms with Crippen molar-refractivity contribution in [3.63, 3.8) is 0 Å². The standard InChI is InChI=1S/C21H34N2O2/c1-4-19-8-5-6-14-23(19)15-7-13-22-21(24)12-10-18-9-11-20(25-3)17(2)16-18/h9,11,16,19H,4-8,10,12-15H2,1-3H3,(H,22,24)/t19-/m1/s1. The van der Waals surface area contributed by atoms with Crippen molar-refractivity contribution < 1.29 is 9.53 Å². The Morgan fingerprint density at radius 1 is 1.36 bits per heavy atom. The molecule has 0 aliphatic carbocycles. The number of amides is 1. The quantitative estimate of drug-likeness (QED) is 0.693. The molecular formula is C21H34N2O2. The van der Waals surface area contributed by atoms with Crippen LogP contribution in [0.1, 0.15) is 56.6 Å². The summed E-state index contributed by atoms with van der Waals surface area (Å²) < 4.78 is 5.27. The van der Waals surface area contributed by atoms with Crippen LogP contribution in [0.15, 0.2) is 18.2 Å². The molecule has 2 rings (SSSR count). The molecule has 1 N–H and O–H groups in total. The van der Waals surface area contributed by atoms with Gasteiger partial charge in [-0.1, -0.05) is 25.5 Å². The highest BCUT2D eigenvalue weighted by atomic mass is 16.5. The largest absolute Gasteiger partial charge is 0.496 e. The lowest BCUT2D eigenvalue weighted by atomic mass is 10.00. The van der Waals surface area contributed by atoms with Gasteiger partial charge in [0.25, 0.3) is 0 Å². The molecular weight excluding hydrogens is 312 g/mol. The Morgan fingerprint density at radius 3 is 2.92 bits per heavy atom. The van der Waals surface area contributed by atoms with Crippen LogP contribution < -0.4 is 10.1 Å². The summed E-state index contributed by atoms with van der Waals surface area (Å²) in [5.41, 5.74) is 2.31. The Labute approximate surface area is 152 Å². The van der Waals surface area contributed by atoms with Gasteiger partial charge in [0, 0.05) is 25.6 Å². The third-order valence-electron chi connectivity index (χ3n) is 5.26. The zero-order valence-corrected chi connectivity index (χ0v) is 16.1. The molecule has 1 aliphatic heterocycles.